The van der Waals surface area contributed by atoms with Crippen LogP contribution in [0, 0.1) is 0 Å². The number of nitrogens with one attached hydrogen (secondary N) is 1. The van der Waals surface area contributed by atoms with Crippen LogP contribution in [0.15, 0.2) is 18.2 Å². The fourth-order valence-corrected chi connectivity index (χ4v) is 5.14. The molecule has 33 heavy (non-hydrogen) atoms. The minimum Gasteiger partial charge on any atom is -0.497 e. The number of fused-ring (bicyclic) bond motifs is 3. The number of aryl methyl sites for hydroxylation is 1. The van der Waals surface area contributed by atoms with Gasteiger partial charge in [-0.1, -0.05) is 0 Å². The standard InChI is InChI=1S/C25H38N4O4/c1-25(2,3)33-24(31)26-19-9-11-27(12-10-19)17-23(30)28-13-14-29-20(16-28)6-5-18-15-21(32-4)7-8-22(18)29/h7-8,15,19-20H,5-6,9-14,16-17H2,1-4H3,(H,26,31)/t20-/m1/s1. The Hall–Kier alpha value is -2.48. The molecule has 0 bridgehead atoms. The number of ether oxygens (including phenoxy) is 2. The Morgan fingerprint density at radius 1 is 1.09 bits per heavy atom. The van der Waals surface area contributed by atoms with Crippen molar-refractivity contribution in [1.82, 2.24) is 15.1 Å². The topological polar surface area (TPSA) is 74.3 Å². The van der Waals surface area contributed by atoms with Crippen LogP contribution in [-0.4, -0.2) is 85.9 Å². The lowest BCUT2D eigenvalue weighted by Gasteiger charge is -2.46. The van der Waals surface area contributed by atoms with Gasteiger partial charge in [0.05, 0.1) is 13.7 Å². The van der Waals surface area contributed by atoms with E-state index in [-0.39, 0.29) is 18.0 Å². The fraction of sp³-hybridized carbons (Fsp3) is 0.680. The Labute approximate surface area is 197 Å². The number of hydrogen-bond acceptors (Lipinski definition) is 6. The lowest BCUT2D eigenvalue weighted by molar-refractivity contribution is -0.133. The molecule has 1 aromatic carbocycles. The quantitative estimate of drug-likeness (QED) is 0.748. The number of piperazine rings is 1. The summed E-state index contributed by atoms with van der Waals surface area (Å²) in [7, 11) is 1.71. The molecule has 4 rings (SSSR count). The van der Waals surface area contributed by atoms with E-state index >= 15 is 0 Å². The zero-order chi connectivity index (χ0) is 23.6. The van der Waals surface area contributed by atoms with Crippen molar-refractivity contribution in [2.75, 3.05) is 51.3 Å². The van der Waals surface area contributed by atoms with Crippen molar-refractivity contribution in [1.29, 1.82) is 0 Å². The second kappa shape index (κ2) is 9.79. The number of piperidine rings is 1. The molecule has 0 radical (unpaired) electrons. The summed E-state index contributed by atoms with van der Waals surface area (Å²) in [4.78, 5) is 31.8. The highest BCUT2D eigenvalue weighted by molar-refractivity contribution is 5.79. The monoisotopic (exact) mass is 458 g/mol. The summed E-state index contributed by atoms with van der Waals surface area (Å²) in [6.07, 6.45) is 3.40. The molecule has 0 aromatic heterocycles. The Balaban J connectivity index is 1.23. The van der Waals surface area contributed by atoms with Crippen LogP contribution in [0.5, 0.6) is 5.75 Å². The van der Waals surface area contributed by atoms with E-state index in [9.17, 15) is 9.59 Å². The van der Waals surface area contributed by atoms with Crippen molar-refractivity contribution in [3.05, 3.63) is 23.8 Å². The van der Waals surface area contributed by atoms with Gasteiger partial charge >= 0.3 is 6.09 Å². The summed E-state index contributed by atoms with van der Waals surface area (Å²) in [6.45, 7) is 10.1. The highest BCUT2D eigenvalue weighted by Gasteiger charge is 2.34. The van der Waals surface area contributed by atoms with Crippen LogP contribution in [0.2, 0.25) is 0 Å². The van der Waals surface area contributed by atoms with E-state index in [1.54, 1.807) is 7.11 Å². The molecule has 3 aliphatic rings. The van der Waals surface area contributed by atoms with Gasteiger partial charge in [-0.2, -0.15) is 0 Å². The number of hydrogen-bond donors (Lipinski definition) is 1. The molecule has 0 unspecified atom stereocenters. The van der Waals surface area contributed by atoms with Gasteiger partial charge in [0, 0.05) is 50.5 Å². The van der Waals surface area contributed by atoms with Gasteiger partial charge in [0.25, 0.3) is 0 Å². The van der Waals surface area contributed by atoms with E-state index < -0.39 is 5.60 Å². The number of alkyl carbamates (subject to hydrolysis) is 1. The smallest absolute Gasteiger partial charge is 0.407 e. The molecule has 0 saturated carbocycles. The highest BCUT2D eigenvalue weighted by atomic mass is 16.6. The maximum Gasteiger partial charge on any atom is 0.407 e. The van der Waals surface area contributed by atoms with Crippen LogP contribution >= 0.6 is 0 Å². The second-order valence-corrected chi connectivity index (χ2v) is 10.4. The van der Waals surface area contributed by atoms with Crippen LogP contribution in [0.1, 0.15) is 45.6 Å². The average Bonchev–Trinajstić information content (AvgIpc) is 2.78. The van der Waals surface area contributed by atoms with E-state index in [0.717, 1.165) is 64.2 Å². The molecule has 3 heterocycles. The summed E-state index contributed by atoms with van der Waals surface area (Å²) in [5.41, 5.74) is 2.14. The van der Waals surface area contributed by atoms with Crippen LogP contribution in [-0.2, 0) is 16.0 Å². The molecule has 0 aliphatic carbocycles. The Morgan fingerprint density at radius 3 is 2.55 bits per heavy atom. The van der Waals surface area contributed by atoms with E-state index in [1.807, 2.05) is 31.7 Å². The van der Waals surface area contributed by atoms with E-state index in [4.69, 9.17) is 9.47 Å². The van der Waals surface area contributed by atoms with Gasteiger partial charge < -0.3 is 24.6 Å². The second-order valence-electron chi connectivity index (χ2n) is 10.4. The van der Waals surface area contributed by atoms with Crippen molar-refractivity contribution in [3.63, 3.8) is 0 Å². The summed E-state index contributed by atoms with van der Waals surface area (Å²) in [5.74, 6) is 1.12. The third kappa shape index (κ3) is 5.91. The Kier molecular flexibility index (Phi) is 7.02. The zero-order valence-corrected chi connectivity index (χ0v) is 20.4. The van der Waals surface area contributed by atoms with Crippen LogP contribution in [0.4, 0.5) is 10.5 Å². The summed E-state index contributed by atoms with van der Waals surface area (Å²) >= 11 is 0. The van der Waals surface area contributed by atoms with Crippen molar-refractivity contribution >= 4 is 17.7 Å². The first kappa shape index (κ1) is 23.7. The SMILES string of the molecule is COc1ccc2c(c1)CC[C@@H]1CN(C(=O)CN3CCC(NC(=O)OC(C)(C)C)CC3)CCN21. The molecule has 3 aliphatic heterocycles. The largest absolute Gasteiger partial charge is 0.497 e. The minimum absolute atomic E-state index is 0.107. The Morgan fingerprint density at radius 2 is 1.85 bits per heavy atom. The molecule has 8 heteroatoms. The average molecular weight is 459 g/mol. The van der Waals surface area contributed by atoms with Gasteiger partial charge in [-0.15, -0.1) is 0 Å². The molecule has 1 aromatic rings. The minimum atomic E-state index is -0.492. The number of nitrogens with zero attached hydrogens (tertiary/aromatic N) is 3. The van der Waals surface area contributed by atoms with Gasteiger partial charge in [-0.3, -0.25) is 9.69 Å². The highest BCUT2D eigenvalue weighted by Crippen LogP contribution is 2.35. The predicted octanol–water partition coefficient (Wildman–Crippen LogP) is 2.65. The Bertz CT molecular complexity index is 860. The maximum absolute atomic E-state index is 13.0. The molecular weight excluding hydrogens is 420 g/mol. The van der Waals surface area contributed by atoms with Crippen LogP contribution in [0.25, 0.3) is 0 Å². The fourth-order valence-electron chi connectivity index (χ4n) is 5.14. The third-order valence-corrected chi connectivity index (χ3v) is 6.85. The number of carbonyl (C=O) groups is 2. The number of likely N-dealkylation sites (tertiary alicyclic amines) is 1. The first-order valence-electron chi connectivity index (χ1n) is 12.1. The predicted molar refractivity (Wildman–Crippen MR) is 128 cm³/mol. The molecule has 8 nitrogen and oxygen atoms in total. The molecule has 1 N–H and O–H groups in total. The first-order chi connectivity index (χ1) is 15.7. The number of benzene rings is 1. The van der Waals surface area contributed by atoms with Crippen molar-refractivity contribution in [2.45, 2.75) is 64.1 Å². The number of anilines is 1. The van der Waals surface area contributed by atoms with Crippen molar-refractivity contribution in [3.8, 4) is 5.75 Å². The van der Waals surface area contributed by atoms with E-state index in [2.05, 4.69) is 27.2 Å². The third-order valence-electron chi connectivity index (χ3n) is 6.85. The van der Waals surface area contributed by atoms with Gasteiger partial charge in [-0.25, -0.2) is 4.79 Å². The lowest BCUT2D eigenvalue weighted by atomic mass is 9.93. The van der Waals surface area contributed by atoms with E-state index in [1.165, 1.54) is 11.3 Å². The first-order valence-corrected chi connectivity index (χ1v) is 12.1. The number of methoxy groups -OCH3 is 1. The number of amides is 2. The van der Waals surface area contributed by atoms with Crippen molar-refractivity contribution < 1.29 is 19.1 Å². The molecule has 2 fully saturated rings. The normalized spacial score (nSPS) is 21.8. The van der Waals surface area contributed by atoms with Gasteiger partial charge in [-0.05, 0) is 70.2 Å². The molecule has 0 spiro atoms. The number of carbonyl (C=O) groups excluding carboxylic acids is 2. The maximum atomic E-state index is 13.0. The van der Waals surface area contributed by atoms with Crippen LogP contribution < -0.4 is 15.0 Å². The summed E-state index contributed by atoms with van der Waals surface area (Å²) in [6, 6.07) is 6.82. The van der Waals surface area contributed by atoms with Crippen LogP contribution in [0.3, 0.4) is 0 Å². The molecule has 1 atom stereocenters. The molecular formula is C25H38N4O4. The molecule has 2 amide bonds. The lowest BCUT2D eigenvalue weighted by Crippen LogP contribution is -2.58. The van der Waals surface area contributed by atoms with Crippen molar-refractivity contribution in [2.24, 2.45) is 0 Å². The summed E-state index contributed by atoms with van der Waals surface area (Å²) in [5, 5.41) is 2.96. The molecule has 2 saturated heterocycles. The van der Waals surface area contributed by atoms with Gasteiger partial charge in [0.2, 0.25) is 5.91 Å². The van der Waals surface area contributed by atoms with Gasteiger partial charge in [0.15, 0.2) is 0 Å². The van der Waals surface area contributed by atoms with E-state index in [0.29, 0.717) is 12.6 Å². The number of rotatable bonds is 4. The van der Waals surface area contributed by atoms with Gasteiger partial charge in [0.1, 0.15) is 11.4 Å². The zero-order valence-electron chi connectivity index (χ0n) is 20.4. The summed E-state index contributed by atoms with van der Waals surface area (Å²) < 4.78 is 10.7. The molecule has 182 valence electrons.